The molecule has 33 nitrogen and oxygen atoms in total. The number of methoxy groups -OCH3 is 4. The number of phenolic OH excluding ortho intramolecular Hbond substituents is 1. The van der Waals surface area contributed by atoms with Gasteiger partial charge >= 0.3 is 17.9 Å². The maximum Gasteiger partial charge on any atom is 0.342 e. The summed E-state index contributed by atoms with van der Waals surface area (Å²) in [7, 11) is 5.24. The SMILES string of the molecule is COCC1OC(OC2OCC3OC4(OC(C)C(O)(C(C)=O)C5OCOC54)O[C@H]3[C@H]2OC(=O)C(C)C)[C@@H](OC)[C@@H](O)C1O[C@@H]1O[C@H](C)[C@H](OC)[C@H](OC2O[C@H](C)C3OC4(C[C@@H](O)C(O[C@H]5C[C@@H](O)C(OC(=O)c6c(C)c(Cl)c(O)c(Cl)c6OC)[C@@H](C)O5)[C@@H](C)O4)O[C@@]3(C)[C@@H]2O)C1O. The smallest absolute Gasteiger partial charge is 0.342 e. The maximum atomic E-state index is 13.6. The number of fused-ring (bicyclic) bond motifs is 4. The monoisotopic (exact) mass is 1420 g/mol. The average Bonchev–Trinajstić information content (AvgIpc) is 1.54. The van der Waals surface area contributed by atoms with E-state index >= 15 is 0 Å². The standard InChI is InChI=1S/C61H88Cl2O33/c1-20(2)52(71)87-47-43-31(93-61(94-43)51-50(79-19-80-51)60(73,26(8)64)27(9)92-61)18-78-55(47)90-56-46(77-14)37(68)42(30(84-56)17-74-11)88-54-38(69)45(41(75-12)23(5)82-54)89-57-48(70)58(10)49(25(7)83-57)95-59(96-58)16-29(66)40(24(6)91-59)85-32-15-28(65)39(22(4)81-32)86-53(72)33-21(3)34(62)36(67)35(63)44(33)76-13/h20,22-25,27-32,37-43,45-51,54-57,65-70,73H,15-19H2,1-14H3/t22-,23-,24-,25-,27?,28-,29-,30?,31?,32+,37+,38?,39?,40?,41+,42?,43-,45-,46+,47-,48-,49?,50?,51?,54+,55?,56?,57?,58+,59?,60?,61?/m1/s1. The lowest BCUT2D eigenvalue weighted by Crippen LogP contribution is -2.72. The number of phenols is 1. The Labute approximate surface area is 562 Å². The van der Waals surface area contributed by atoms with Gasteiger partial charge in [-0.25, -0.2) is 4.79 Å². The fraction of sp³-hybridized carbons (Fsp3) is 0.852. The maximum absolute atomic E-state index is 13.6. The number of hydrogen-bond donors (Lipinski definition) is 7. The third kappa shape index (κ3) is 13.1. The zero-order valence-electron chi connectivity index (χ0n) is 55.3. The van der Waals surface area contributed by atoms with Crippen LogP contribution in [-0.2, 0) is 114 Å². The van der Waals surface area contributed by atoms with Gasteiger partial charge in [0.05, 0.1) is 80.4 Å². The molecule has 0 aliphatic carbocycles. The van der Waals surface area contributed by atoms with Crippen molar-refractivity contribution < 1.29 is 159 Å². The van der Waals surface area contributed by atoms with Gasteiger partial charge in [-0.15, -0.1) is 0 Å². The van der Waals surface area contributed by atoms with Crippen molar-refractivity contribution in [2.75, 3.05) is 48.4 Å². The third-order valence-electron chi connectivity index (χ3n) is 19.6. The summed E-state index contributed by atoms with van der Waals surface area (Å²) in [6.07, 6.45) is -36.9. The van der Waals surface area contributed by atoms with E-state index in [-0.39, 0.29) is 59.8 Å². The van der Waals surface area contributed by atoms with Crippen molar-refractivity contribution in [2.24, 2.45) is 5.92 Å². The van der Waals surface area contributed by atoms with E-state index in [4.69, 9.17) is 132 Å². The van der Waals surface area contributed by atoms with Crippen molar-refractivity contribution in [3.63, 3.8) is 0 Å². The van der Waals surface area contributed by atoms with E-state index in [1.54, 1.807) is 48.5 Å². The molecule has 544 valence electrons. The van der Waals surface area contributed by atoms with Crippen LogP contribution in [0.25, 0.3) is 0 Å². The fourth-order valence-corrected chi connectivity index (χ4v) is 15.0. The Hall–Kier alpha value is -3.03. The van der Waals surface area contributed by atoms with Gasteiger partial charge in [0.15, 0.2) is 66.4 Å². The number of ketones is 1. The van der Waals surface area contributed by atoms with Crippen molar-refractivity contribution in [1.29, 1.82) is 0 Å². The van der Waals surface area contributed by atoms with Crippen LogP contribution < -0.4 is 4.74 Å². The number of benzene rings is 1. The number of ether oxygens (including phenoxy) is 23. The first kappa shape index (κ1) is 74.2. The first-order chi connectivity index (χ1) is 45.3. The van der Waals surface area contributed by atoms with E-state index in [0.717, 1.165) is 0 Å². The van der Waals surface area contributed by atoms with Gasteiger partial charge in [0, 0.05) is 27.8 Å². The van der Waals surface area contributed by atoms with Gasteiger partial charge in [-0.05, 0) is 61.0 Å². The molecule has 0 amide bonds. The third-order valence-corrected chi connectivity index (χ3v) is 20.4. The normalized spacial score (nSPS) is 47.7. The van der Waals surface area contributed by atoms with Crippen LogP contribution >= 0.6 is 23.2 Å². The highest BCUT2D eigenvalue weighted by Gasteiger charge is 2.73. The first-order valence-electron chi connectivity index (χ1n) is 31.8. The van der Waals surface area contributed by atoms with E-state index in [0.29, 0.717) is 0 Å². The molecule has 1 aromatic rings. The molecule has 1 aromatic carbocycles. The minimum absolute atomic E-state index is 0.122. The molecule has 10 saturated heterocycles. The predicted octanol–water partition coefficient (Wildman–Crippen LogP) is 0.0228. The summed E-state index contributed by atoms with van der Waals surface area (Å²) in [6, 6.07) is 0. The molecule has 10 aliphatic heterocycles. The Morgan fingerprint density at radius 1 is 0.656 bits per heavy atom. The molecule has 11 rings (SSSR count). The molecular weight excluding hydrogens is 1330 g/mol. The number of aliphatic hydroxyl groups is 6. The highest BCUT2D eigenvalue weighted by Crippen LogP contribution is 2.53. The van der Waals surface area contributed by atoms with E-state index in [2.05, 4.69) is 0 Å². The van der Waals surface area contributed by atoms with Crippen molar-refractivity contribution in [2.45, 2.75) is 277 Å². The number of carbonyl (C=O) groups excluding carboxylic acids is 3. The highest BCUT2D eigenvalue weighted by atomic mass is 35.5. The van der Waals surface area contributed by atoms with Gasteiger partial charge in [-0.2, -0.15) is 0 Å². The zero-order chi connectivity index (χ0) is 69.7. The highest BCUT2D eigenvalue weighted by molar-refractivity contribution is 6.39. The molecule has 35 heteroatoms. The van der Waals surface area contributed by atoms with Gasteiger partial charge in [0.2, 0.25) is 6.29 Å². The summed E-state index contributed by atoms with van der Waals surface area (Å²) in [5, 5.41) is 81.4. The Morgan fingerprint density at radius 3 is 1.98 bits per heavy atom. The number of aromatic hydroxyl groups is 1. The Bertz CT molecular complexity index is 2930. The molecule has 16 unspecified atom stereocenters. The van der Waals surface area contributed by atoms with E-state index < -0.39 is 224 Å². The minimum Gasteiger partial charge on any atom is -0.505 e. The lowest BCUT2D eigenvalue weighted by atomic mass is 9.81. The minimum atomic E-state index is -2.14. The second-order valence-corrected chi connectivity index (χ2v) is 27.0. The van der Waals surface area contributed by atoms with Crippen molar-refractivity contribution in [1.82, 2.24) is 0 Å². The molecule has 0 saturated carbocycles. The van der Waals surface area contributed by atoms with Crippen LogP contribution in [0.1, 0.15) is 91.1 Å². The molecule has 7 N–H and O–H groups in total. The van der Waals surface area contributed by atoms with Gasteiger partial charge in [0.25, 0.3) is 5.97 Å². The summed E-state index contributed by atoms with van der Waals surface area (Å²) < 4.78 is 141. The van der Waals surface area contributed by atoms with Crippen LogP contribution in [0.3, 0.4) is 0 Å². The molecule has 0 bridgehead atoms. The number of rotatable bonds is 18. The van der Waals surface area contributed by atoms with E-state index in [1.165, 1.54) is 49.2 Å². The Balaban J connectivity index is 0.732. The number of hydrogen-bond acceptors (Lipinski definition) is 33. The van der Waals surface area contributed by atoms with Crippen LogP contribution in [0.15, 0.2) is 0 Å². The van der Waals surface area contributed by atoms with Crippen LogP contribution in [0, 0.1) is 12.8 Å². The Morgan fingerprint density at radius 2 is 1.33 bits per heavy atom. The number of halogens is 2. The zero-order valence-corrected chi connectivity index (χ0v) is 56.8. The molecule has 32 atom stereocenters. The molecule has 0 aromatic heterocycles. The number of carbonyl (C=O) groups is 3. The summed E-state index contributed by atoms with van der Waals surface area (Å²) in [5.41, 5.74) is -3.87. The van der Waals surface area contributed by atoms with Crippen molar-refractivity contribution in [3.05, 3.63) is 21.2 Å². The van der Waals surface area contributed by atoms with Gasteiger partial charge in [-0.1, -0.05) is 37.0 Å². The molecule has 0 radical (unpaired) electrons. The first-order valence-corrected chi connectivity index (χ1v) is 32.6. The topological polar surface area (TPSA) is 405 Å². The van der Waals surface area contributed by atoms with Crippen LogP contribution in [0.2, 0.25) is 10.0 Å². The predicted molar refractivity (Wildman–Crippen MR) is 314 cm³/mol. The van der Waals surface area contributed by atoms with E-state index in [9.17, 15) is 50.1 Å². The number of Topliss-reactive ketones (excluding diaryl/α,β-unsaturated/α-hetero) is 1. The van der Waals surface area contributed by atoms with Crippen molar-refractivity contribution in [3.8, 4) is 11.5 Å². The lowest BCUT2D eigenvalue weighted by molar-refractivity contribution is -0.428. The van der Waals surface area contributed by atoms with Gasteiger partial charge in [-0.3, -0.25) is 9.59 Å². The fourth-order valence-electron chi connectivity index (χ4n) is 14.5. The molecule has 10 fully saturated rings. The van der Waals surface area contributed by atoms with Crippen LogP contribution in [0.4, 0.5) is 0 Å². The molecule has 2 spiro atoms. The van der Waals surface area contributed by atoms with Crippen LogP contribution in [-0.4, -0.2) is 297 Å². The van der Waals surface area contributed by atoms with E-state index in [1.807, 2.05) is 0 Å². The lowest BCUT2D eigenvalue weighted by Gasteiger charge is -2.50. The summed E-state index contributed by atoms with van der Waals surface area (Å²) >= 11 is 12.5. The summed E-state index contributed by atoms with van der Waals surface area (Å²) in [6.45, 7) is 14.4. The van der Waals surface area contributed by atoms with Gasteiger partial charge < -0.3 is 145 Å². The van der Waals surface area contributed by atoms with Crippen molar-refractivity contribution >= 4 is 40.9 Å². The number of aliphatic hydroxyl groups excluding tert-OH is 5. The molecular formula is C61H88Cl2O33. The summed E-state index contributed by atoms with van der Waals surface area (Å²) in [4.78, 5) is 39.8. The molecule has 10 heterocycles. The quantitative estimate of drug-likeness (QED) is 0.0953. The second kappa shape index (κ2) is 28.7. The second-order valence-electron chi connectivity index (χ2n) is 26.3. The summed E-state index contributed by atoms with van der Waals surface area (Å²) in [5.74, 6) is -7.69. The number of esters is 2. The molecule has 10 aliphatic rings. The Kier molecular flexibility index (Phi) is 22.1. The molecule has 96 heavy (non-hydrogen) atoms. The van der Waals surface area contributed by atoms with Crippen LogP contribution in [0.5, 0.6) is 11.5 Å². The van der Waals surface area contributed by atoms with Gasteiger partial charge in [0.1, 0.15) is 102 Å². The largest absolute Gasteiger partial charge is 0.505 e. The average molecular weight is 1420 g/mol.